The van der Waals surface area contributed by atoms with Crippen molar-refractivity contribution in [2.24, 2.45) is 0 Å². The molecular weight excluding hydrogens is 162 g/mol. The van der Waals surface area contributed by atoms with Crippen LogP contribution < -0.4 is 0 Å². The van der Waals surface area contributed by atoms with Crippen molar-refractivity contribution in [2.45, 2.75) is 18.9 Å². The minimum atomic E-state index is 0.180. The zero-order chi connectivity index (χ0) is 9.10. The van der Waals surface area contributed by atoms with Gasteiger partial charge in [-0.2, -0.15) is 0 Å². The minimum Gasteiger partial charge on any atom is -0.381 e. The standard InChI is InChI=1S/C11H15NO/c13-9-12-8-4-7-11(12)10-5-2-1-3-6-10/h1-3,5-6,11,13H,4,7-9H2. The van der Waals surface area contributed by atoms with Gasteiger partial charge in [0.25, 0.3) is 0 Å². The van der Waals surface area contributed by atoms with Crippen LogP contribution in [0.3, 0.4) is 0 Å². The predicted molar refractivity (Wildman–Crippen MR) is 52.2 cm³/mol. The molecule has 1 heterocycles. The molecule has 1 aromatic rings. The van der Waals surface area contributed by atoms with Crippen LogP contribution >= 0.6 is 0 Å². The van der Waals surface area contributed by atoms with E-state index in [4.69, 9.17) is 5.11 Å². The molecule has 0 saturated carbocycles. The highest BCUT2D eigenvalue weighted by atomic mass is 16.3. The van der Waals surface area contributed by atoms with Gasteiger partial charge in [-0.3, -0.25) is 4.90 Å². The van der Waals surface area contributed by atoms with Crippen LogP contribution in [0.2, 0.25) is 0 Å². The van der Waals surface area contributed by atoms with Crippen LogP contribution in [0, 0.1) is 0 Å². The van der Waals surface area contributed by atoms with Crippen LogP contribution in [0.25, 0.3) is 0 Å². The molecule has 1 atom stereocenters. The Morgan fingerprint density at radius 2 is 2.08 bits per heavy atom. The lowest BCUT2D eigenvalue weighted by atomic mass is 10.1. The van der Waals surface area contributed by atoms with E-state index in [1.165, 1.54) is 18.4 Å². The number of rotatable bonds is 2. The smallest absolute Gasteiger partial charge is 0.0961 e. The molecule has 0 aromatic heterocycles. The lowest BCUT2D eigenvalue weighted by molar-refractivity contribution is 0.0963. The molecule has 0 spiro atoms. The molecule has 1 aromatic carbocycles. The van der Waals surface area contributed by atoms with Gasteiger partial charge in [0.1, 0.15) is 0 Å². The number of likely N-dealkylation sites (tertiary alicyclic amines) is 1. The van der Waals surface area contributed by atoms with Gasteiger partial charge in [-0.1, -0.05) is 30.3 Å². The molecule has 1 saturated heterocycles. The van der Waals surface area contributed by atoms with Gasteiger partial charge in [0.15, 0.2) is 0 Å². The molecule has 2 heteroatoms. The van der Waals surface area contributed by atoms with Crippen molar-refractivity contribution in [3.05, 3.63) is 35.9 Å². The van der Waals surface area contributed by atoms with E-state index >= 15 is 0 Å². The molecule has 1 N–H and O–H groups in total. The Balaban J connectivity index is 2.16. The van der Waals surface area contributed by atoms with Crippen molar-refractivity contribution in [1.29, 1.82) is 0 Å². The fraction of sp³-hybridized carbons (Fsp3) is 0.455. The fourth-order valence-corrected chi connectivity index (χ4v) is 2.05. The van der Waals surface area contributed by atoms with Gasteiger partial charge in [-0.05, 0) is 18.4 Å². The summed E-state index contributed by atoms with van der Waals surface area (Å²) in [5.74, 6) is 0. The number of aliphatic hydroxyl groups is 1. The number of hydrogen-bond donors (Lipinski definition) is 1. The number of benzene rings is 1. The normalized spacial score (nSPS) is 23.6. The highest BCUT2D eigenvalue weighted by molar-refractivity contribution is 5.19. The molecule has 13 heavy (non-hydrogen) atoms. The molecule has 0 amide bonds. The van der Waals surface area contributed by atoms with E-state index < -0.39 is 0 Å². The lowest BCUT2D eigenvalue weighted by Crippen LogP contribution is -2.23. The van der Waals surface area contributed by atoms with Crippen molar-refractivity contribution in [3.63, 3.8) is 0 Å². The van der Waals surface area contributed by atoms with Gasteiger partial charge in [0.2, 0.25) is 0 Å². The Morgan fingerprint density at radius 1 is 1.31 bits per heavy atom. The van der Waals surface area contributed by atoms with Crippen LogP contribution in [0.5, 0.6) is 0 Å². The van der Waals surface area contributed by atoms with E-state index in [9.17, 15) is 0 Å². The first kappa shape index (κ1) is 8.73. The Bertz CT molecular complexity index is 260. The van der Waals surface area contributed by atoms with Crippen LogP contribution in [0.4, 0.5) is 0 Å². The first-order chi connectivity index (χ1) is 6.42. The van der Waals surface area contributed by atoms with Gasteiger partial charge in [-0.15, -0.1) is 0 Å². The van der Waals surface area contributed by atoms with E-state index in [0.29, 0.717) is 6.04 Å². The fourth-order valence-electron chi connectivity index (χ4n) is 2.05. The summed E-state index contributed by atoms with van der Waals surface area (Å²) in [5, 5.41) is 9.12. The van der Waals surface area contributed by atoms with E-state index in [1.807, 2.05) is 6.07 Å². The van der Waals surface area contributed by atoms with Crippen molar-refractivity contribution in [1.82, 2.24) is 4.90 Å². The molecule has 1 fully saturated rings. The number of aliphatic hydroxyl groups excluding tert-OH is 1. The van der Waals surface area contributed by atoms with Crippen molar-refractivity contribution in [2.75, 3.05) is 13.3 Å². The van der Waals surface area contributed by atoms with Gasteiger partial charge >= 0.3 is 0 Å². The second-order valence-corrected chi connectivity index (χ2v) is 3.52. The Labute approximate surface area is 78.8 Å². The third-order valence-corrected chi connectivity index (χ3v) is 2.73. The third kappa shape index (κ3) is 1.74. The summed E-state index contributed by atoms with van der Waals surface area (Å²) in [7, 11) is 0. The summed E-state index contributed by atoms with van der Waals surface area (Å²) in [5.41, 5.74) is 1.33. The third-order valence-electron chi connectivity index (χ3n) is 2.73. The van der Waals surface area contributed by atoms with Crippen molar-refractivity contribution in [3.8, 4) is 0 Å². The first-order valence-electron chi connectivity index (χ1n) is 4.81. The molecule has 0 aliphatic carbocycles. The molecule has 2 nitrogen and oxygen atoms in total. The molecule has 1 aliphatic rings. The van der Waals surface area contributed by atoms with Gasteiger partial charge in [0.05, 0.1) is 6.73 Å². The summed E-state index contributed by atoms with van der Waals surface area (Å²) in [4.78, 5) is 2.12. The SMILES string of the molecule is OCN1CCCC1c1ccccc1. The average molecular weight is 177 g/mol. The van der Waals surface area contributed by atoms with Crippen molar-refractivity contribution < 1.29 is 5.11 Å². The lowest BCUT2D eigenvalue weighted by Gasteiger charge is -2.21. The average Bonchev–Trinajstić information content (AvgIpc) is 2.67. The Kier molecular flexibility index (Phi) is 2.62. The van der Waals surface area contributed by atoms with E-state index in [-0.39, 0.29) is 6.73 Å². The summed E-state index contributed by atoms with van der Waals surface area (Å²) in [6, 6.07) is 10.9. The summed E-state index contributed by atoms with van der Waals surface area (Å²) in [6.45, 7) is 1.20. The summed E-state index contributed by atoms with van der Waals surface area (Å²) in [6.07, 6.45) is 2.37. The van der Waals surface area contributed by atoms with Crippen LogP contribution in [-0.4, -0.2) is 23.3 Å². The zero-order valence-corrected chi connectivity index (χ0v) is 7.69. The predicted octanol–water partition coefficient (Wildman–Crippen LogP) is 1.77. The quantitative estimate of drug-likeness (QED) is 0.744. The molecule has 1 aliphatic heterocycles. The molecule has 1 unspecified atom stereocenters. The van der Waals surface area contributed by atoms with Crippen LogP contribution in [-0.2, 0) is 0 Å². The highest BCUT2D eigenvalue weighted by Crippen LogP contribution is 2.30. The van der Waals surface area contributed by atoms with Crippen molar-refractivity contribution >= 4 is 0 Å². The van der Waals surface area contributed by atoms with Gasteiger partial charge in [0, 0.05) is 12.6 Å². The largest absolute Gasteiger partial charge is 0.381 e. The number of hydrogen-bond acceptors (Lipinski definition) is 2. The van der Waals surface area contributed by atoms with Gasteiger partial charge < -0.3 is 5.11 Å². The molecule has 0 radical (unpaired) electrons. The maximum atomic E-state index is 9.12. The molecular formula is C11H15NO. The summed E-state index contributed by atoms with van der Waals surface area (Å²) < 4.78 is 0. The molecule has 0 bridgehead atoms. The van der Waals surface area contributed by atoms with Gasteiger partial charge in [-0.25, -0.2) is 0 Å². The zero-order valence-electron chi connectivity index (χ0n) is 7.69. The van der Waals surface area contributed by atoms with E-state index in [0.717, 1.165) is 6.54 Å². The maximum Gasteiger partial charge on any atom is 0.0961 e. The Hall–Kier alpha value is -0.860. The molecule has 70 valence electrons. The monoisotopic (exact) mass is 177 g/mol. The van der Waals surface area contributed by atoms with Crippen LogP contribution in [0.1, 0.15) is 24.4 Å². The summed E-state index contributed by atoms with van der Waals surface area (Å²) >= 11 is 0. The maximum absolute atomic E-state index is 9.12. The highest BCUT2D eigenvalue weighted by Gasteiger charge is 2.24. The van der Waals surface area contributed by atoms with Crippen LogP contribution in [0.15, 0.2) is 30.3 Å². The van der Waals surface area contributed by atoms with E-state index in [1.54, 1.807) is 0 Å². The minimum absolute atomic E-state index is 0.180. The van der Waals surface area contributed by atoms with E-state index in [2.05, 4.69) is 29.2 Å². The Morgan fingerprint density at radius 3 is 2.77 bits per heavy atom. The second-order valence-electron chi connectivity index (χ2n) is 3.52. The molecule has 2 rings (SSSR count). The first-order valence-corrected chi connectivity index (χ1v) is 4.81. The second kappa shape index (κ2) is 3.90. The topological polar surface area (TPSA) is 23.5 Å². The number of nitrogens with zero attached hydrogens (tertiary/aromatic N) is 1.